The number of hydrogen-bond donors (Lipinski definition) is 1. The standard InChI is InChI=1S/C37H30N5S/c1-40-19-18-39-37(40)34-21-29(30-10-6-7-11-32(30)42(34)24-25-8-4-3-5-9-25)23-36-41(2)33-15-13-27(22-35(33)43-36)26-12-14-31-28(20-26)16-17-38-31/h3-23,38H,24H2,1-2H3/q+1. The molecule has 0 spiro atoms. The predicted octanol–water partition coefficient (Wildman–Crippen LogP) is 8.21. The molecular formula is C37H30N5S+. The maximum atomic E-state index is 4.77. The van der Waals surface area contributed by atoms with E-state index in [4.69, 9.17) is 4.98 Å². The van der Waals surface area contributed by atoms with E-state index in [1.165, 1.54) is 54.1 Å². The van der Waals surface area contributed by atoms with E-state index >= 15 is 0 Å². The van der Waals surface area contributed by atoms with Crippen LogP contribution in [0.1, 0.15) is 22.0 Å². The lowest BCUT2D eigenvalue weighted by Gasteiger charge is -2.33. The second-order valence-electron chi connectivity index (χ2n) is 11.0. The van der Waals surface area contributed by atoms with E-state index in [1.807, 2.05) is 29.9 Å². The van der Waals surface area contributed by atoms with Crippen LogP contribution in [0, 0.1) is 0 Å². The van der Waals surface area contributed by atoms with Gasteiger partial charge in [0.15, 0.2) is 5.82 Å². The molecular weight excluding hydrogens is 547 g/mol. The van der Waals surface area contributed by atoms with E-state index in [0.717, 1.165) is 23.6 Å². The maximum absolute atomic E-state index is 4.77. The molecule has 0 bridgehead atoms. The van der Waals surface area contributed by atoms with Crippen LogP contribution in [0.25, 0.3) is 49.6 Å². The number of hydrogen-bond acceptors (Lipinski definition) is 3. The molecule has 0 radical (unpaired) electrons. The third-order valence-electron chi connectivity index (χ3n) is 8.35. The lowest BCUT2D eigenvalue weighted by Crippen LogP contribution is -2.29. The number of benzene rings is 4. The third-order valence-corrected chi connectivity index (χ3v) is 9.50. The van der Waals surface area contributed by atoms with Crippen LogP contribution in [0.2, 0.25) is 0 Å². The fraction of sp³-hybridized carbons (Fsp3) is 0.0811. The molecule has 43 heavy (non-hydrogen) atoms. The molecule has 0 unspecified atom stereocenters. The van der Waals surface area contributed by atoms with Crippen molar-refractivity contribution in [2.45, 2.75) is 6.54 Å². The number of allylic oxidation sites excluding steroid dienone is 2. The minimum Gasteiger partial charge on any atom is -0.361 e. The minimum atomic E-state index is 0.762. The number of aryl methyl sites for hydroxylation is 2. The summed E-state index contributed by atoms with van der Waals surface area (Å²) in [6, 6.07) is 34.9. The van der Waals surface area contributed by atoms with Crippen molar-refractivity contribution < 1.29 is 4.57 Å². The number of para-hydroxylation sites is 1. The number of fused-ring (bicyclic) bond motifs is 3. The van der Waals surface area contributed by atoms with E-state index in [2.05, 4.69) is 142 Å². The van der Waals surface area contributed by atoms with Crippen LogP contribution in [0.3, 0.4) is 0 Å². The van der Waals surface area contributed by atoms with Crippen LogP contribution in [0.4, 0.5) is 5.69 Å². The average molecular weight is 577 g/mol. The fourth-order valence-corrected chi connectivity index (χ4v) is 7.23. The Labute approximate surface area is 254 Å². The summed E-state index contributed by atoms with van der Waals surface area (Å²) in [4.78, 5) is 10.5. The van der Waals surface area contributed by atoms with E-state index < -0.39 is 0 Å². The summed E-state index contributed by atoms with van der Waals surface area (Å²) in [6.07, 6.45) is 10.5. The van der Waals surface area contributed by atoms with Gasteiger partial charge in [-0.3, -0.25) is 0 Å². The Hall–Kier alpha value is -5.20. The minimum absolute atomic E-state index is 0.762. The second kappa shape index (κ2) is 10.3. The van der Waals surface area contributed by atoms with Gasteiger partial charge >= 0.3 is 0 Å². The first-order valence-electron chi connectivity index (χ1n) is 14.4. The van der Waals surface area contributed by atoms with Crippen molar-refractivity contribution >= 4 is 55.5 Å². The molecule has 0 atom stereocenters. The summed E-state index contributed by atoms with van der Waals surface area (Å²) in [5.41, 5.74) is 10.8. The number of anilines is 1. The Morgan fingerprint density at radius 3 is 2.58 bits per heavy atom. The molecule has 0 saturated heterocycles. The van der Waals surface area contributed by atoms with E-state index in [0.29, 0.717) is 0 Å². The zero-order chi connectivity index (χ0) is 28.9. The van der Waals surface area contributed by atoms with Gasteiger partial charge in [-0.25, -0.2) is 4.98 Å². The van der Waals surface area contributed by atoms with Crippen molar-refractivity contribution in [3.8, 4) is 11.1 Å². The van der Waals surface area contributed by atoms with Gasteiger partial charge in [0.1, 0.15) is 11.7 Å². The smallest absolute Gasteiger partial charge is 0.263 e. The molecule has 0 amide bonds. The zero-order valence-corrected chi connectivity index (χ0v) is 24.8. The molecule has 3 aromatic heterocycles. The Morgan fingerprint density at radius 2 is 1.72 bits per heavy atom. The highest BCUT2D eigenvalue weighted by molar-refractivity contribution is 7.19. The highest BCUT2D eigenvalue weighted by Gasteiger charge is 2.27. The largest absolute Gasteiger partial charge is 0.361 e. The molecule has 0 fully saturated rings. The van der Waals surface area contributed by atoms with E-state index in [9.17, 15) is 0 Å². The molecule has 4 heterocycles. The molecule has 7 aromatic rings. The monoisotopic (exact) mass is 576 g/mol. The van der Waals surface area contributed by atoms with Crippen LogP contribution in [-0.4, -0.2) is 14.5 Å². The molecule has 1 aliphatic rings. The first kappa shape index (κ1) is 25.5. The summed E-state index contributed by atoms with van der Waals surface area (Å²) >= 11 is 1.83. The molecule has 208 valence electrons. The lowest BCUT2D eigenvalue weighted by molar-refractivity contribution is -0.642. The van der Waals surface area contributed by atoms with Crippen LogP contribution in [0.15, 0.2) is 122 Å². The van der Waals surface area contributed by atoms with Crippen LogP contribution in [0.5, 0.6) is 0 Å². The van der Waals surface area contributed by atoms with Gasteiger partial charge in [0.25, 0.3) is 5.01 Å². The molecule has 8 rings (SSSR count). The van der Waals surface area contributed by atoms with Crippen molar-refractivity contribution in [1.29, 1.82) is 0 Å². The Balaban J connectivity index is 1.25. The molecule has 0 aliphatic carbocycles. The highest BCUT2D eigenvalue weighted by atomic mass is 32.1. The number of nitrogens with one attached hydrogen (secondary N) is 1. The van der Waals surface area contributed by atoms with Crippen LogP contribution < -0.4 is 9.47 Å². The van der Waals surface area contributed by atoms with E-state index in [1.54, 1.807) is 0 Å². The SMILES string of the molecule is Cn1ccnc1C1=CC(=Cc2sc3cc(-c4ccc5[nH]ccc5c4)ccc3[n+]2C)c2ccccc2N1Cc1ccccc1. The summed E-state index contributed by atoms with van der Waals surface area (Å²) in [5.74, 6) is 0.945. The molecule has 1 aliphatic heterocycles. The van der Waals surface area contributed by atoms with Crippen LogP contribution in [-0.2, 0) is 20.6 Å². The van der Waals surface area contributed by atoms with Gasteiger partial charge in [0.2, 0.25) is 5.52 Å². The number of H-pyrrole nitrogens is 1. The first-order chi connectivity index (χ1) is 21.1. The zero-order valence-electron chi connectivity index (χ0n) is 24.0. The van der Waals surface area contributed by atoms with Gasteiger partial charge in [0.05, 0.1) is 5.70 Å². The fourth-order valence-electron chi connectivity index (χ4n) is 6.08. The van der Waals surface area contributed by atoms with Crippen molar-refractivity contribution in [3.05, 3.63) is 144 Å². The van der Waals surface area contributed by atoms with E-state index in [-0.39, 0.29) is 0 Å². The van der Waals surface area contributed by atoms with Crippen molar-refractivity contribution in [3.63, 3.8) is 0 Å². The highest BCUT2D eigenvalue weighted by Crippen LogP contribution is 2.41. The average Bonchev–Trinajstić information content (AvgIpc) is 3.77. The first-order valence-corrected chi connectivity index (χ1v) is 15.3. The quantitative estimate of drug-likeness (QED) is 0.210. The van der Waals surface area contributed by atoms with Gasteiger partial charge < -0.3 is 14.5 Å². The molecule has 0 saturated carbocycles. The summed E-state index contributed by atoms with van der Waals surface area (Å²) < 4.78 is 5.67. The Kier molecular flexibility index (Phi) is 6.09. The molecule has 4 aromatic carbocycles. The normalized spacial score (nSPS) is 14.0. The van der Waals surface area contributed by atoms with Crippen molar-refractivity contribution in [1.82, 2.24) is 14.5 Å². The van der Waals surface area contributed by atoms with Gasteiger partial charge in [-0.1, -0.05) is 65.9 Å². The number of thiazole rings is 1. The summed E-state index contributed by atoms with van der Waals surface area (Å²) in [5, 5.41) is 2.43. The van der Waals surface area contributed by atoms with Crippen molar-refractivity contribution in [2.75, 3.05) is 4.90 Å². The predicted molar refractivity (Wildman–Crippen MR) is 178 cm³/mol. The number of rotatable bonds is 5. The van der Waals surface area contributed by atoms with Gasteiger partial charge in [-0.15, -0.1) is 0 Å². The second-order valence-corrected chi connectivity index (χ2v) is 12.1. The number of imidazole rings is 1. The molecule has 1 N–H and O–H groups in total. The molecule has 6 heteroatoms. The lowest BCUT2D eigenvalue weighted by atomic mass is 9.96. The topological polar surface area (TPSA) is 40.7 Å². The molecule has 5 nitrogen and oxygen atoms in total. The number of aromatic amines is 1. The maximum Gasteiger partial charge on any atom is 0.263 e. The van der Waals surface area contributed by atoms with Gasteiger partial charge in [-0.05, 0) is 70.1 Å². The third kappa shape index (κ3) is 4.47. The van der Waals surface area contributed by atoms with Gasteiger partial charge in [-0.2, -0.15) is 4.57 Å². The Bertz CT molecular complexity index is 2190. The summed E-state index contributed by atoms with van der Waals surface area (Å²) in [7, 11) is 4.22. The van der Waals surface area contributed by atoms with Gasteiger partial charge in [0, 0.05) is 61.1 Å². The summed E-state index contributed by atoms with van der Waals surface area (Å²) in [6.45, 7) is 0.762. The number of aromatic nitrogens is 4. The number of nitrogens with zero attached hydrogens (tertiary/aromatic N) is 4. The Morgan fingerprint density at radius 1 is 0.907 bits per heavy atom. The van der Waals surface area contributed by atoms with Crippen molar-refractivity contribution in [2.24, 2.45) is 14.1 Å². The van der Waals surface area contributed by atoms with Crippen LogP contribution >= 0.6 is 11.3 Å².